The molecule has 0 radical (unpaired) electrons. The van der Waals surface area contributed by atoms with Crippen LogP contribution in [0.3, 0.4) is 0 Å². The Labute approximate surface area is 280 Å². The Kier molecular flexibility index (Phi) is 16.5. The Morgan fingerprint density at radius 2 is 1.11 bits per heavy atom. The maximum atomic E-state index is 4.58. The number of aryl methyl sites for hydroxylation is 1. The van der Waals surface area contributed by atoms with Crippen molar-refractivity contribution in [2.75, 3.05) is 0 Å². The number of rotatable bonds is 8. The van der Waals surface area contributed by atoms with Crippen LogP contribution >= 0.6 is 0 Å². The maximum absolute atomic E-state index is 4.58. The molecule has 5 rings (SSSR count). The number of pyridine rings is 1. The molecule has 0 bridgehead atoms. The zero-order chi connectivity index (χ0) is 33.9. The van der Waals surface area contributed by atoms with Gasteiger partial charge in [0.05, 0.1) is 5.69 Å². The lowest BCUT2D eigenvalue weighted by molar-refractivity contribution is 0.626. The highest BCUT2D eigenvalue weighted by atomic mass is 14.7. The summed E-state index contributed by atoms with van der Waals surface area (Å²) in [6.45, 7) is 24.7. The Balaban J connectivity index is 0.000000736. The van der Waals surface area contributed by atoms with Crippen LogP contribution in [0.25, 0.3) is 50.2 Å². The molecule has 46 heavy (non-hydrogen) atoms. The van der Waals surface area contributed by atoms with E-state index >= 15 is 0 Å². The van der Waals surface area contributed by atoms with Crippen molar-refractivity contribution < 1.29 is 0 Å². The van der Waals surface area contributed by atoms with Crippen molar-refractivity contribution in [3.8, 4) is 44.6 Å². The molecule has 0 fully saturated rings. The van der Waals surface area contributed by atoms with E-state index in [0.29, 0.717) is 0 Å². The minimum absolute atomic E-state index is 0.884. The van der Waals surface area contributed by atoms with Crippen LogP contribution in [-0.2, 0) is 0 Å². The predicted octanol–water partition coefficient (Wildman–Crippen LogP) is 13.9. The van der Waals surface area contributed by atoms with E-state index < -0.39 is 0 Å². The lowest BCUT2D eigenvalue weighted by Crippen LogP contribution is -1.89. The average molecular weight is 608 g/mol. The second kappa shape index (κ2) is 20.3. The maximum Gasteiger partial charge on any atom is 0.0704 e. The van der Waals surface area contributed by atoms with Gasteiger partial charge in [0.2, 0.25) is 0 Å². The van der Waals surface area contributed by atoms with Crippen molar-refractivity contribution in [1.82, 2.24) is 4.98 Å². The molecular weight excluding hydrogens is 555 g/mol. The highest BCUT2D eigenvalue weighted by Crippen LogP contribution is 2.34. The van der Waals surface area contributed by atoms with Gasteiger partial charge in [0.25, 0.3) is 0 Å². The van der Waals surface area contributed by atoms with Crippen LogP contribution in [0.15, 0.2) is 147 Å². The van der Waals surface area contributed by atoms with Crippen molar-refractivity contribution in [2.24, 2.45) is 5.92 Å². The topological polar surface area (TPSA) is 12.9 Å². The molecule has 238 valence electrons. The monoisotopic (exact) mass is 607 g/mol. The first-order valence-electron chi connectivity index (χ1n) is 16.7. The van der Waals surface area contributed by atoms with Gasteiger partial charge in [0.1, 0.15) is 0 Å². The summed E-state index contributed by atoms with van der Waals surface area (Å²) in [7, 11) is 0. The number of allylic oxidation sites excluding steroid dienone is 4. The van der Waals surface area contributed by atoms with E-state index in [1.54, 1.807) is 0 Å². The van der Waals surface area contributed by atoms with Crippen LogP contribution in [0, 0.1) is 12.8 Å². The lowest BCUT2D eigenvalue weighted by atomic mass is 9.91. The number of benzene rings is 4. The minimum atomic E-state index is 0.884. The van der Waals surface area contributed by atoms with E-state index in [1.807, 2.05) is 64.3 Å². The van der Waals surface area contributed by atoms with Crippen molar-refractivity contribution >= 4 is 5.57 Å². The molecule has 0 aliphatic heterocycles. The average Bonchev–Trinajstić information content (AvgIpc) is 3.13. The molecule has 0 saturated heterocycles. The molecule has 1 heteroatoms. The second-order valence-electron chi connectivity index (χ2n) is 10.9. The van der Waals surface area contributed by atoms with E-state index in [-0.39, 0.29) is 0 Å². The first-order chi connectivity index (χ1) is 22.4. The van der Waals surface area contributed by atoms with E-state index in [9.17, 15) is 0 Å². The molecule has 0 amide bonds. The Morgan fingerprint density at radius 1 is 0.630 bits per heavy atom. The Morgan fingerprint density at radius 3 is 1.63 bits per heavy atom. The van der Waals surface area contributed by atoms with Crippen molar-refractivity contribution in [3.05, 3.63) is 158 Å². The lowest BCUT2D eigenvalue weighted by Gasteiger charge is -2.13. The zero-order valence-corrected chi connectivity index (χ0v) is 29.3. The second-order valence-corrected chi connectivity index (χ2v) is 10.9. The van der Waals surface area contributed by atoms with Gasteiger partial charge in [-0.1, -0.05) is 153 Å². The molecule has 1 heterocycles. The van der Waals surface area contributed by atoms with Crippen molar-refractivity contribution in [1.29, 1.82) is 0 Å². The molecular formula is C45H53N. The molecule has 1 nitrogen and oxygen atoms in total. The minimum Gasteiger partial charge on any atom is -0.256 e. The van der Waals surface area contributed by atoms with Crippen LogP contribution in [0.4, 0.5) is 0 Å². The highest BCUT2D eigenvalue weighted by molar-refractivity contribution is 5.84. The third-order valence-corrected chi connectivity index (χ3v) is 7.31. The van der Waals surface area contributed by atoms with Gasteiger partial charge in [0.15, 0.2) is 0 Å². The highest BCUT2D eigenvalue weighted by Gasteiger charge is 2.09. The van der Waals surface area contributed by atoms with Gasteiger partial charge in [0, 0.05) is 11.8 Å². The van der Waals surface area contributed by atoms with Crippen LogP contribution in [0.5, 0.6) is 0 Å². The first-order valence-corrected chi connectivity index (χ1v) is 16.7. The number of nitrogens with zero attached hydrogens (tertiary/aromatic N) is 1. The third kappa shape index (κ3) is 11.0. The van der Waals surface area contributed by atoms with Crippen LogP contribution in [0.1, 0.15) is 66.0 Å². The van der Waals surface area contributed by atoms with Gasteiger partial charge >= 0.3 is 0 Å². The van der Waals surface area contributed by atoms with Crippen LogP contribution < -0.4 is 0 Å². The summed E-state index contributed by atoms with van der Waals surface area (Å²) < 4.78 is 0. The number of hydrogen-bond donors (Lipinski definition) is 0. The van der Waals surface area contributed by atoms with Crippen LogP contribution in [0.2, 0.25) is 0 Å². The van der Waals surface area contributed by atoms with Crippen molar-refractivity contribution in [2.45, 2.75) is 61.8 Å². The molecule has 0 spiro atoms. The van der Waals surface area contributed by atoms with E-state index in [1.165, 1.54) is 34.2 Å². The number of aromatic nitrogens is 1. The molecule has 1 aromatic heterocycles. The largest absolute Gasteiger partial charge is 0.256 e. The summed E-state index contributed by atoms with van der Waals surface area (Å²) >= 11 is 0. The SMILES string of the molecule is C=C/C=C(\C=C)c1cc(-c2ccccc2)cc(-c2cccc(-c3cccc(-c4cc(C)ccn4)c3)c2)c1.CC.CC.CCC(C)C. The fourth-order valence-corrected chi connectivity index (χ4v) is 4.60. The van der Waals surface area contributed by atoms with E-state index in [2.05, 4.69) is 143 Å². The smallest absolute Gasteiger partial charge is 0.0704 e. The first kappa shape index (κ1) is 37.4. The molecule has 0 aliphatic rings. The quantitative estimate of drug-likeness (QED) is 0.160. The van der Waals surface area contributed by atoms with Gasteiger partial charge in [-0.25, -0.2) is 0 Å². The predicted molar refractivity (Wildman–Crippen MR) is 207 cm³/mol. The summed E-state index contributed by atoms with van der Waals surface area (Å²) in [5.41, 5.74) is 12.5. The summed E-state index contributed by atoms with van der Waals surface area (Å²) in [4.78, 5) is 4.58. The standard InChI is InChI=1S/C36H29N.C5H12.2C2H6/c1-4-11-27(5-2)33-23-34(28-12-7-6-8-13-28)25-35(24-33)31-16-9-14-29(21-31)30-15-10-17-32(22-30)36-20-26(3)18-19-37-36;1-4-5(2)3;2*1-2/h4-25H,1-2H2,3H3;5H,4H2,1-3H3;2*1-2H3/b27-11+;;;. The summed E-state index contributed by atoms with van der Waals surface area (Å²) in [6, 6.07) is 38.7. The van der Waals surface area contributed by atoms with Gasteiger partial charge in [-0.3, -0.25) is 4.98 Å². The molecule has 0 unspecified atom stereocenters. The normalized spacial score (nSPS) is 10.3. The summed E-state index contributed by atoms with van der Waals surface area (Å²) in [6.07, 6.45) is 8.87. The van der Waals surface area contributed by atoms with Gasteiger partial charge in [-0.05, 0) is 105 Å². The molecule has 5 aromatic rings. The molecule has 0 saturated carbocycles. The van der Waals surface area contributed by atoms with Gasteiger partial charge < -0.3 is 0 Å². The zero-order valence-electron chi connectivity index (χ0n) is 29.3. The van der Waals surface area contributed by atoms with Crippen LogP contribution in [-0.4, -0.2) is 4.98 Å². The molecule has 0 N–H and O–H groups in total. The fourth-order valence-electron chi connectivity index (χ4n) is 4.60. The van der Waals surface area contributed by atoms with Gasteiger partial charge in [-0.2, -0.15) is 0 Å². The van der Waals surface area contributed by atoms with Crippen molar-refractivity contribution in [3.63, 3.8) is 0 Å². The van der Waals surface area contributed by atoms with E-state index in [0.717, 1.165) is 39.4 Å². The number of hydrogen-bond acceptors (Lipinski definition) is 1. The molecule has 4 aromatic carbocycles. The summed E-state index contributed by atoms with van der Waals surface area (Å²) in [5.74, 6) is 0.884. The fraction of sp³-hybridized carbons (Fsp3) is 0.222. The van der Waals surface area contributed by atoms with E-state index in [4.69, 9.17) is 0 Å². The third-order valence-electron chi connectivity index (χ3n) is 7.31. The Hall–Kier alpha value is -4.75. The molecule has 0 atom stereocenters. The Bertz CT molecular complexity index is 1670. The molecule has 0 aliphatic carbocycles. The van der Waals surface area contributed by atoms with Gasteiger partial charge in [-0.15, -0.1) is 0 Å². The summed E-state index contributed by atoms with van der Waals surface area (Å²) in [5, 5.41) is 0.